The summed E-state index contributed by atoms with van der Waals surface area (Å²) in [5, 5.41) is 3.22. The Hall–Kier alpha value is -1.92. The summed E-state index contributed by atoms with van der Waals surface area (Å²) in [6.45, 7) is 1.98. The summed E-state index contributed by atoms with van der Waals surface area (Å²) in [5.74, 6) is 0.696. The highest BCUT2D eigenvalue weighted by molar-refractivity contribution is 7.89. The van der Waals surface area contributed by atoms with Gasteiger partial charge in [0.15, 0.2) is 0 Å². The molecule has 0 radical (unpaired) electrons. The number of rotatable bonds is 6. The van der Waals surface area contributed by atoms with Gasteiger partial charge in [0.2, 0.25) is 10.0 Å². The van der Waals surface area contributed by atoms with Crippen molar-refractivity contribution in [2.75, 3.05) is 25.0 Å². The number of anilines is 1. The molecule has 5 nitrogen and oxygen atoms in total. The Bertz CT molecular complexity index is 724. The minimum Gasteiger partial charge on any atom is -0.370 e. The second kappa shape index (κ2) is 7.10. The van der Waals surface area contributed by atoms with Crippen LogP contribution in [0.5, 0.6) is 0 Å². The third-order valence-corrected chi connectivity index (χ3v) is 5.88. The number of nitrogens with one attached hydrogen (secondary N) is 1. The summed E-state index contributed by atoms with van der Waals surface area (Å²) in [6.07, 6.45) is 4.21. The van der Waals surface area contributed by atoms with E-state index in [-0.39, 0.29) is 4.90 Å². The Morgan fingerprint density at radius 1 is 1.04 bits per heavy atom. The van der Waals surface area contributed by atoms with Crippen LogP contribution in [0.15, 0.2) is 53.6 Å². The third-order valence-electron chi connectivity index (χ3n) is 4.00. The van der Waals surface area contributed by atoms with Crippen LogP contribution in [0.25, 0.3) is 0 Å². The normalized spacial score (nSPS) is 15.7. The van der Waals surface area contributed by atoms with Crippen molar-refractivity contribution in [1.29, 1.82) is 0 Å². The first-order valence-corrected chi connectivity index (χ1v) is 9.34. The molecule has 0 bridgehead atoms. The average molecular weight is 331 g/mol. The second-order valence-corrected chi connectivity index (χ2v) is 7.59. The van der Waals surface area contributed by atoms with Crippen LogP contribution >= 0.6 is 0 Å². The molecule has 0 amide bonds. The van der Waals surface area contributed by atoms with E-state index in [2.05, 4.69) is 22.4 Å². The largest absolute Gasteiger partial charge is 0.370 e. The highest BCUT2D eigenvalue weighted by Gasteiger charge is 2.27. The van der Waals surface area contributed by atoms with Crippen LogP contribution in [0, 0.1) is 0 Å². The molecule has 1 N–H and O–H groups in total. The van der Waals surface area contributed by atoms with Gasteiger partial charge in [0, 0.05) is 25.8 Å². The molecule has 0 saturated carbocycles. The molecular formula is C17H21N3O2S. The lowest BCUT2D eigenvalue weighted by Gasteiger charge is -2.15. The van der Waals surface area contributed by atoms with E-state index in [9.17, 15) is 8.42 Å². The zero-order valence-electron chi connectivity index (χ0n) is 13.0. The topological polar surface area (TPSA) is 62.3 Å². The molecule has 6 heteroatoms. The molecule has 0 spiro atoms. The smallest absolute Gasteiger partial charge is 0.244 e. The monoisotopic (exact) mass is 331 g/mol. The summed E-state index contributed by atoms with van der Waals surface area (Å²) in [6, 6.07) is 13.6. The molecule has 2 heterocycles. The van der Waals surface area contributed by atoms with Crippen LogP contribution in [0.4, 0.5) is 5.82 Å². The van der Waals surface area contributed by atoms with Gasteiger partial charge in [-0.15, -0.1) is 0 Å². The van der Waals surface area contributed by atoms with Crippen LogP contribution in [0.1, 0.15) is 18.4 Å². The van der Waals surface area contributed by atoms with Gasteiger partial charge in [0.25, 0.3) is 0 Å². The molecular weight excluding hydrogens is 310 g/mol. The van der Waals surface area contributed by atoms with E-state index in [1.165, 1.54) is 16.1 Å². The van der Waals surface area contributed by atoms with Gasteiger partial charge in [0.05, 0.1) is 0 Å². The van der Waals surface area contributed by atoms with E-state index >= 15 is 0 Å². The van der Waals surface area contributed by atoms with Gasteiger partial charge in [-0.2, -0.15) is 4.31 Å². The summed E-state index contributed by atoms with van der Waals surface area (Å²) < 4.78 is 26.4. The molecule has 2 aromatic rings. The number of hydrogen-bond donors (Lipinski definition) is 1. The number of hydrogen-bond acceptors (Lipinski definition) is 4. The molecule has 122 valence electrons. The molecule has 1 aromatic carbocycles. The molecule has 0 aliphatic carbocycles. The lowest BCUT2D eigenvalue weighted by molar-refractivity contribution is 0.477. The molecule has 1 aliphatic heterocycles. The average Bonchev–Trinajstić information content (AvgIpc) is 3.12. The van der Waals surface area contributed by atoms with E-state index in [4.69, 9.17) is 0 Å². The van der Waals surface area contributed by atoms with Crippen LogP contribution in [-0.4, -0.2) is 37.3 Å². The Balaban J connectivity index is 1.59. The molecule has 1 fully saturated rings. The molecule has 1 saturated heterocycles. The first-order valence-electron chi connectivity index (χ1n) is 7.90. The van der Waals surface area contributed by atoms with Gasteiger partial charge in [-0.25, -0.2) is 13.4 Å². The van der Waals surface area contributed by atoms with E-state index < -0.39 is 10.0 Å². The minimum atomic E-state index is -3.38. The maximum absolute atomic E-state index is 12.4. The molecule has 0 unspecified atom stereocenters. The predicted molar refractivity (Wildman–Crippen MR) is 90.9 cm³/mol. The number of pyridine rings is 1. The van der Waals surface area contributed by atoms with Gasteiger partial charge in [-0.1, -0.05) is 30.3 Å². The zero-order valence-corrected chi connectivity index (χ0v) is 13.8. The lowest BCUT2D eigenvalue weighted by Crippen LogP contribution is -2.27. The van der Waals surface area contributed by atoms with Gasteiger partial charge in [-0.3, -0.25) is 0 Å². The van der Waals surface area contributed by atoms with E-state index in [0.29, 0.717) is 18.9 Å². The van der Waals surface area contributed by atoms with Crippen molar-refractivity contribution in [3.05, 3.63) is 54.2 Å². The number of sulfonamides is 1. The first kappa shape index (κ1) is 16.0. The second-order valence-electron chi connectivity index (χ2n) is 5.65. The summed E-state index contributed by atoms with van der Waals surface area (Å²) in [5.41, 5.74) is 1.26. The van der Waals surface area contributed by atoms with Gasteiger partial charge in [0.1, 0.15) is 10.7 Å². The van der Waals surface area contributed by atoms with E-state index in [0.717, 1.165) is 25.8 Å². The number of benzene rings is 1. The van der Waals surface area contributed by atoms with E-state index in [1.807, 2.05) is 18.2 Å². The lowest BCUT2D eigenvalue weighted by atomic mass is 10.1. The standard InChI is InChI=1S/C17H21N3O2S/c21-23(22,20-12-4-5-13-20)16-8-9-17(19-14-16)18-11-10-15-6-2-1-3-7-15/h1-3,6-9,14H,4-5,10-13H2,(H,18,19). The van der Waals surface area contributed by atoms with Crippen molar-refractivity contribution >= 4 is 15.8 Å². The minimum absolute atomic E-state index is 0.271. The van der Waals surface area contributed by atoms with Crippen LogP contribution in [-0.2, 0) is 16.4 Å². The molecule has 3 rings (SSSR count). The van der Waals surface area contributed by atoms with Crippen LogP contribution in [0.3, 0.4) is 0 Å². The van der Waals surface area contributed by atoms with Crippen molar-refractivity contribution in [3.8, 4) is 0 Å². The summed E-state index contributed by atoms with van der Waals surface area (Å²) in [4.78, 5) is 4.50. The summed E-state index contributed by atoms with van der Waals surface area (Å²) >= 11 is 0. The van der Waals surface area contributed by atoms with Crippen molar-refractivity contribution in [2.45, 2.75) is 24.2 Å². The molecule has 0 atom stereocenters. The fourth-order valence-corrected chi connectivity index (χ4v) is 4.16. The quantitative estimate of drug-likeness (QED) is 0.883. The predicted octanol–water partition coefficient (Wildman–Crippen LogP) is 2.52. The molecule has 1 aromatic heterocycles. The van der Waals surface area contributed by atoms with Crippen molar-refractivity contribution in [2.24, 2.45) is 0 Å². The van der Waals surface area contributed by atoms with Crippen molar-refractivity contribution in [1.82, 2.24) is 9.29 Å². The molecule has 23 heavy (non-hydrogen) atoms. The SMILES string of the molecule is O=S(=O)(c1ccc(NCCc2ccccc2)nc1)N1CCCC1. The summed E-state index contributed by atoms with van der Waals surface area (Å²) in [7, 11) is -3.38. The Labute approximate surface area is 137 Å². The van der Waals surface area contributed by atoms with Crippen LogP contribution < -0.4 is 5.32 Å². The third kappa shape index (κ3) is 3.89. The Morgan fingerprint density at radius 3 is 2.43 bits per heavy atom. The number of aromatic nitrogens is 1. The maximum atomic E-state index is 12.4. The molecule has 1 aliphatic rings. The highest BCUT2D eigenvalue weighted by atomic mass is 32.2. The van der Waals surface area contributed by atoms with Gasteiger partial charge in [-0.05, 0) is 37.0 Å². The van der Waals surface area contributed by atoms with Crippen molar-refractivity contribution in [3.63, 3.8) is 0 Å². The van der Waals surface area contributed by atoms with Crippen molar-refractivity contribution < 1.29 is 8.42 Å². The zero-order chi connectivity index (χ0) is 16.1. The maximum Gasteiger partial charge on any atom is 0.244 e. The Morgan fingerprint density at radius 2 is 1.78 bits per heavy atom. The van der Waals surface area contributed by atoms with E-state index in [1.54, 1.807) is 12.1 Å². The van der Waals surface area contributed by atoms with Gasteiger partial charge < -0.3 is 5.32 Å². The van der Waals surface area contributed by atoms with Crippen LogP contribution in [0.2, 0.25) is 0 Å². The van der Waals surface area contributed by atoms with Gasteiger partial charge >= 0.3 is 0 Å². The number of nitrogens with zero attached hydrogens (tertiary/aromatic N) is 2. The fourth-order valence-electron chi connectivity index (χ4n) is 2.69. The fraction of sp³-hybridized carbons (Fsp3) is 0.353. The highest BCUT2D eigenvalue weighted by Crippen LogP contribution is 2.20. The Kier molecular flexibility index (Phi) is 4.93. The first-order chi connectivity index (χ1) is 11.2.